The molecule has 0 spiro atoms. The predicted molar refractivity (Wildman–Crippen MR) is 92.2 cm³/mol. The fourth-order valence-corrected chi connectivity index (χ4v) is 3.36. The molecule has 0 aromatic rings. The maximum atomic E-state index is 11.8. The molecule has 0 aromatic carbocycles. The summed E-state index contributed by atoms with van der Waals surface area (Å²) in [5, 5.41) is 8.70. The SMILES string of the molecule is O=C(CCNC(=O)NC1CCCCC1)NCCC1=CCCCC1. The highest BCUT2D eigenvalue weighted by Crippen LogP contribution is 2.19. The van der Waals surface area contributed by atoms with Crippen molar-refractivity contribution in [2.45, 2.75) is 76.7 Å². The second-order valence-electron chi connectivity index (χ2n) is 6.69. The van der Waals surface area contributed by atoms with Crippen LogP contribution in [0.3, 0.4) is 0 Å². The van der Waals surface area contributed by atoms with Gasteiger partial charge in [0.2, 0.25) is 5.91 Å². The van der Waals surface area contributed by atoms with Crippen molar-refractivity contribution >= 4 is 11.9 Å². The van der Waals surface area contributed by atoms with Crippen LogP contribution in [0.15, 0.2) is 11.6 Å². The van der Waals surface area contributed by atoms with Gasteiger partial charge in [0, 0.05) is 25.6 Å². The monoisotopic (exact) mass is 321 g/mol. The average molecular weight is 321 g/mol. The summed E-state index contributed by atoms with van der Waals surface area (Å²) in [5.74, 6) is 0.0133. The van der Waals surface area contributed by atoms with Crippen LogP contribution in [-0.4, -0.2) is 31.1 Å². The summed E-state index contributed by atoms with van der Waals surface area (Å²) < 4.78 is 0. The first-order valence-electron chi connectivity index (χ1n) is 9.23. The first-order chi connectivity index (χ1) is 11.2. The summed E-state index contributed by atoms with van der Waals surface area (Å²) in [6.45, 7) is 1.10. The van der Waals surface area contributed by atoms with Gasteiger partial charge in [-0.1, -0.05) is 30.9 Å². The Labute approximate surface area is 139 Å². The minimum absolute atomic E-state index is 0.0133. The number of hydrogen-bond donors (Lipinski definition) is 3. The Morgan fingerprint density at radius 1 is 1.00 bits per heavy atom. The van der Waals surface area contributed by atoms with E-state index < -0.39 is 0 Å². The van der Waals surface area contributed by atoms with E-state index >= 15 is 0 Å². The molecule has 0 heterocycles. The molecule has 130 valence electrons. The topological polar surface area (TPSA) is 70.2 Å². The molecule has 23 heavy (non-hydrogen) atoms. The minimum Gasteiger partial charge on any atom is -0.356 e. The lowest BCUT2D eigenvalue weighted by atomic mass is 9.96. The van der Waals surface area contributed by atoms with Gasteiger partial charge in [-0.05, 0) is 44.9 Å². The Morgan fingerprint density at radius 3 is 2.57 bits per heavy atom. The number of carbonyl (C=O) groups excluding carboxylic acids is 2. The quantitative estimate of drug-likeness (QED) is 0.631. The molecule has 5 nitrogen and oxygen atoms in total. The van der Waals surface area contributed by atoms with E-state index in [0.29, 0.717) is 25.6 Å². The van der Waals surface area contributed by atoms with Gasteiger partial charge in [-0.2, -0.15) is 0 Å². The molecule has 2 aliphatic carbocycles. The second kappa shape index (κ2) is 10.3. The summed E-state index contributed by atoms with van der Waals surface area (Å²) >= 11 is 0. The maximum Gasteiger partial charge on any atom is 0.315 e. The highest BCUT2D eigenvalue weighted by molar-refractivity contribution is 5.78. The van der Waals surface area contributed by atoms with Gasteiger partial charge in [0.15, 0.2) is 0 Å². The third-order valence-electron chi connectivity index (χ3n) is 4.73. The predicted octanol–water partition coefficient (Wildman–Crippen LogP) is 3.02. The highest BCUT2D eigenvalue weighted by Gasteiger charge is 2.15. The van der Waals surface area contributed by atoms with Crippen molar-refractivity contribution < 1.29 is 9.59 Å². The van der Waals surface area contributed by atoms with E-state index in [1.165, 1.54) is 50.5 Å². The van der Waals surface area contributed by atoms with Crippen molar-refractivity contribution in [1.82, 2.24) is 16.0 Å². The minimum atomic E-state index is -0.142. The Bertz CT molecular complexity index is 414. The Hall–Kier alpha value is -1.52. The van der Waals surface area contributed by atoms with Crippen LogP contribution < -0.4 is 16.0 Å². The van der Waals surface area contributed by atoms with Crippen molar-refractivity contribution in [3.8, 4) is 0 Å². The van der Waals surface area contributed by atoms with Crippen molar-refractivity contribution in [2.75, 3.05) is 13.1 Å². The van der Waals surface area contributed by atoms with E-state index in [1.807, 2.05) is 0 Å². The molecule has 0 aromatic heterocycles. The summed E-state index contributed by atoms with van der Waals surface area (Å²) in [7, 11) is 0. The molecule has 0 atom stereocenters. The number of carbonyl (C=O) groups is 2. The van der Waals surface area contributed by atoms with Gasteiger partial charge in [0.05, 0.1) is 0 Å². The molecule has 3 amide bonds. The molecule has 1 fully saturated rings. The van der Waals surface area contributed by atoms with E-state index in [-0.39, 0.29) is 11.9 Å². The molecule has 2 aliphatic rings. The van der Waals surface area contributed by atoms with Gasteiger partial charge in [-0.15, -0.1) is 0 Å². The number of hydrogen-bond acceptors (Lipinski definition) is 2. The lowest BCUT2D eigenvalue weighted by Crippen LogP contribution is -2.43. The molecule has 0 bridgehead atoms. The molecule has 2 rings (SSSR count). The van der Waals surface area contributed by atoms with Crippen molar-refractivity contribution in [3.05, 3.63) is 11.6 Å². The third kappa shape index (κ3) is 7.53. The summed E-state index contributed by atoms with van der Waals surface area (Å²) in [6.07, 6.45) is 14.4. The largest absolute Gasteiger partial charge is 0.356 e. The molecule has 0 unspecified atom stereocenters. The number of rotatable bonds is 7. The first-order valence-corrected chi connectivity index (χ1v) is 9.23. The second-order valence-corrected chi connectivity index (χ2v) is 6.69. The number of allylic oxidation sites excluding steroid dienone is 1. The smallest absolute Gasteiger partial charge is 0.315 e. The zero-order valence-electron chi connectivity index (χ0n) is 14.2. The van der Waals surface area contributed by atoms with Gasteiger partial charge in [0.1, 0.15) is 0 Å². The molecule has 3 N–H and O–H groups in total. The van der Waals surface area contributed by atoms with Crippen LogP contribution >= 0.6 is 0 Å². The molecule has 0 aliphatic heterocycles. The average Bonchev–Trinajstić information content (AvgIpc) is 2.57. The van der Waals surface area contributed by atoms with Gasteiger partial charge >= 0.3 is 6.03 Å². The number of urea groups is 1. The fourth-order valence-electron chi connectivity index (χ4n) is 3.36. The Morgan fingerprint density at radius 2 is 1.83 bits per heavy atom. The van der Waals surface area contributed by atoms with E-state index in [9.17, 15) is 9.59 Å². The first kappa shape index (κ1) is 17.8. The van der Waals surface area contributed by atoms with Crippen LogP contribution in [0.5, 0.6) is 0 Å². The maximum absolute atomic E-state index is 11.8. The van der Waals surface area contributed by atoms with Crippen molar-refractivity contribution in [2.24, 2.45) is 0 Å². The van der Waals surface area contributed by atoms with Gasteiger partial charge in [0.25, 0.3) is 0 Å². The lowest BCUT2D eigenvalue weighted by Gasteiger charge is -2.22. The van der Waals surface area contributed by atoms with Crippen LogP contribution in [0.1, 0.15) is 70.6 Å². The van der Waals surface area contributed by atoms with Crippen LogP contribution in [0, 0.1) is 0 Å². The van der Waals surface area contributed by atoms with Gasteiger partial charge < -0.3 is 16.0 Å². The van der Waals surface area contributed by atoms with E-state index in [0.717, 1.165) is 19.3 Å². The Kier molecular flexibility index (Phi) is 7.98. The standard InChI is InChI=1S/C18H31N3O2/c22-17(19-13-11-15-7-3-1-4-8-15)12-14-20-18(23)21-16-9-5-2-6-10-16/h7,16H,1-6,8-14H2,(H,19,22)(H2,20,21,23). The summed E-state index contributed by atoms with van der Waals surface area (Å²) in [4.78, 5) is 23.5. The zero-order valence-corrected chi connectivity index (χ0v) is 14.2. The fraction of sp³-hybridized carbons (Fsp3) is 0.778. The third-order valence-corrected chi connectivity index (χ3v) is 4.73. The van der Waals surface area contributed by atoms with E-state index in [4.69, 9.17) is 0 Å². The molecule has 5 heteroatoms. The molecule has 0 saturated heterocycles. The zero-order chi connectivity index (χ0) is 16.3. The molecular weight excluding hydrogens is 290 g/mol. The van der Waals surface area contributed by atoms with E-state index in [2.05, 4.69) is 22.0 Å². The number of nitrogens with one attached hydrogen (secondary N) is 3. The lowest BCUT2D eigenvalue weighted by molar-refractivity contribution is -0.120. The van der Waals surface area contributed by atoms with Crippen LogP contribution in [0.4, 0.5) is 4.79 Å². The number of amides is 3. The highest BCUT2D eigenvalue weighted by atomic mass is 16.2. The molecular formula is C18H31N3O2. The van der Waals surface area contributed by atoms with E-state index in [1.54, 1.807) is 0 Å². The van der Waals surface area contributed by atoms with Crippen LogP contribution in [-0.2, 0) is 4.79 Å². The summed E-state index contributed by atoms with van der Waals surface area (Å²) in [6, 6.07) is 0.165. The molecule has 1 saturated carbocycles. The van der Waals surface area contributed by atoms with Gasteiger partial charge in [-0.25, -0.2) is 4.79 Å². The molecule has 0 radical (unpaired) electrons. The van der Waals surface area contributed by atoms with Crippen LogP contribution in [0.25, 0.3) is 0 Å². The van der Waals surface area contributed by atoms with Crippen LogP contribution in [0.2, 0.25) is 0 Å². The van der Waals surface area contributed by atoms with Crippen molar-refractivity contribution in [1.29, 1.82) is 0 Å². The van der Waals surface area contributed by atoms with Gasteiger partial charge in [-0.3, -0.25) is 4.79 Å². The normalized spacial score (nSPS) is 18.9. The Balaban J connectivity index is 1.48. The van der Waals surface area contributed by atoms with Crippen molar-refractivity contribution in [3.63, 3.8) is 0 Å². The summed E-state index contributed by atoms with van der Waals surface area (Å²) in [5.41, 5.74) is 1.47.